The Balaban J connectivity index is 1.27. The molecular formula is C35H35N5O4S. The topological polar surface area (TPSA) is 111 Å². The van der Waals surface area contributed by atoms with Gasteiger partial charge in [-0.3, -0.25) is 4.79 Å². The molecule has 1 aromatic heterocycles. The fourth-order valence-corrected chi connectivity index (χ4v) is 6.47. The van der Waals surface area contributed by atoms with Gasteiger partial charge in [-0.05, 0) is 62.5 Å². The number of hydrogen-bond acceptors (Lipinski definition) is 8. The highest BCUT2D eigenvalue weighted by Crippen LogP contribution is 2.43. The van der Waals surface area contributed by atoms with Gasteiger partial charge in [0.15, 0.2) is 6.29 Å². The molecule has 2 heterocycles. The molecule has 1 aliphatic heterocycles. The van der Waals surface area contributed by atoms with Gasteiger partial charge in [0.1, 0.15) is 0 Å². The Bertz CT molecular complexity index is 1730. The summed E-state index contributed by atoms with van der Waals surface area (Å²) in [7, 11) is 0. The molecule has 0 bridgehead atoms. The van der Waals surface area contributed by atoms with Crippen molar-refractivity contribution in [2.45, 2.75) is 50.7 Å². The van der Waals surface area contributed by atoms with E-state index in [0.29, 0.717) is 17.5 Å². The summed E-state index contributed by atoms with van der Waals surface area (Å²) >= 11 is 1.55. The predicted octanol–water partition coefficient (Wildman–Crippen LogP) is 6.04. The van der Waals surface area contributed by atoms with Crippen molar-refractivity contribution in [2.24, 2.45) is 5.92 Å². The zero-order chi connectivity index (χ0) is 31.2. The number of aromatic nitrogens is 4. The molecule has 4 aromatic carbocycles. The van der Waals surface area contributed by atoms with Crippen LogP contribution in [0.4, 0.5) is 0 Å². The fourth-order valence-electron chi connectivity index (χ4n) is 5.42. The Morgan fingerprint density at radius 2 is 1.64 bits per heavy atom. The summed E-state index contributed by atoms with van der Waals surface area (Å²) < 4.78 is 15.1. The molecule has 4 atom stereocenters. The van der Waals surface area contributed by atoms with Crippen LogP contribution in [-0.4, -0.2) is 43.1 Å². The Labute approximate surface area is 266 Å². The van der Waals surface area contributed by atoms with E-state index in [4.69, 9.17) is 9.47 Å². The van der Waals surface area contributed by atoms with E-state index in [0.717, 1.165) is 39.1 Å². The number of thioether (sulfide) groups is 1. The maximum absolute atomic E-state index is 11.4. The first-order valence-electron chi connectivity index (χ1n) is 14.9. The van der Waals surface area contributed by atoms with Crippen molar-refractivity contribution in [1.82, 2.24) is 25.5 Å². The number of nitrogens with one attached hydrogen (secondary N) is 1. The van der Waals surface area contributed by atoms with Crippen LogP contribution in [0.15, 0.2) is 108 Å². The second-order valence-corrected chi connectivity index (χ2v) is 12.1. The maximum Gasteiger partial charge on any atom is 0.217 e. The van der Waals surface area contributed by atoms with Crippen LogP contribution >= 0.6 is 11.8 Å². The molecule has 4 unspecified atom stereocenters. The summed E-state index contributed by atoms with van der Waals surface area (Å²) in [6, 6.07) is 34.1. The van der Waals surface area contributed by atoms with E-state index >= 15 is 0 Å². The average Bonchev–Trinajstić information content (AvgIpc) is 3.56. The van der Waals surface area contributed by atoms with Crippen LogP contribution in [0.2, 0.25) is 0 Å². The second kappa shape index (κ2) is 14.2. The molecule has 230 valence electrons. The summed E-state index contributed by atoms with van der Waals surface area (Å²) in [5.74, 6) is 0.570. The molecule has 0 saturated carbocycles. The quantitative estimate of drug-likeness (QED) is 0.182. The molecule has 1 aliphatic rings. The lowest BCUT2D eigenvalue weighted by molar-refractivity contribution is -0.268. The van der Waals surface area contributed by atoms with Crippen LogP contribution in [0.1, 0.15) is 48.5 Å². The molecule has 10 heteroatoms. The van der Waals surface area contributed by atoms with Gasteiger partial charge < -0.3 is 19.9 Å². The molecule has 0 spiro atoms. The Hall–Kier alpha value is -4.35. The summed E-state index contributed by atoms with van der Waals surface area (Å²) in [5.41, 5.74) is 6.77. The standard InChI is InChI=1S/C35H35N5O4S/c1-23-32(22-45-35-37-38-39-40(35)31-12-4-3-5-13-31)43-34(44-33(23)27-16-14-25(21-41)15-17-27)30-11-7-10-29(19-30)28-9-6-8-26(18-28)20-36-24(2)42/h3-19,23,32-34,41H,20-22H2,1-2H3,(H,36,42). The molecule has 9 nitrogen and oxygen atoms in total. The number of aliphatic hydroxyl groups excluding tert-OH is 1. The van der Waals surface area contributed by atoms with Crippen molar-refractivity contribution in [3.05, 3.63) is 125 Å². The van der Waals surface area contributed by atoms with Crippen molar-refractivity contribution in [1.29, 1.82) is 0 Å². The van der Waals surface area contributed by atoms with E-state index in [1.54, 1.807) is 16.4 Å². The number of tetrazole rings is 1. The minimum Gasteiger partial charge on any atom is -0.392 e. The molecule has 1 fully saturated rings. The van der Waals surface area contributed by atoms with Crippen LogP contribution in [0.25, 0.3) is 16.8 Å². The first kappa shape index (κ1) is 30.7. The number of aliphatic hydroxyl groups is 1. The zero-order valence-electron chi connectivity index (χ0n) is 25.1. The molecule has 2 N–H and O–H groups in total. The van der Waals surface area contributed by atoms with Gasteiger partial charge in [0.05, 0.1) is 24.5 Å². The normalized spacial score (nSPS) is 19.7. The molecule has 45 heavy (non-hydrogen) atoms. The summed E-state index contributed by atoms with van der Waals surface area (Å²) in [6.07, 6.45) is -1.03. The van der Waals surface area contributed by atoms with Crippen LogP contribution in [0.5, 0.6) is 0 Å². The number of carbonyl (C=O) groups is 1. The Morgan fingerprint density at radius 3 is 2.40 bits per heavy atom. The molecule has 6 rings (SSSR count). The zero-order valence-corrected chi connectivity index (χ0v) is 25.9. The summed E-state index contributed by atoms with van der Waals surface area (Å²) in [5, 5.41) is 25.5. The van der Waals surface area contributed by atoms with E-state index < -0.39 is 6.29 Å². The SMILES string of the molecule is CC(=O)NCc1cccc(-c2cccc(C3OC(CSc4nnnn4-c4ccccc4)C(C)C(c4ccc(CO)cc4)O3)c2)c1. The van der Waals surface area contributed by atoms with Crippen molar-refractivity contribution in [3.63, 3.8) is 0 Å². The number of benzene rings is 4. The number of hydrogen-bond donors (Lipinski definition) is 2. The van der Waals surface area contributed by atoms with Crippen molar-refractivity contribution >= 4 is 17.7 Å². The fraction of sp³-hybridized carbons (Fsp3) is 0.257. The number of rotatable bonds is 10. The van der Waals surface area contributed by atoms with Crippen molar-refractivity contribution in [3.8, 4) is 16.8 Å². The van der Waals surface area contributed by atoms with Crippen LogP contribution < -0.4 is 5.32 Å². The molecule has 0 aliphatic carbocycles. The van der Waals surface area contributed by atoms with Gasteiger partial charge in [-0.1, -0.05) is 97.5 Å². The first-order valence-corrected chi connectivity index (χ1v) is 15.9. The van der Waals surface area contributed by atoms with Gasteiger partial charge in [-0.2, -0.15) is 4.68 Å². The third kappa shape index (κ3) is 7.32. The highest BCUT2D eigenvalue weighted by Gasteiger charge is 2.38. The second-order valence-electron chi connectivity index (χ2n) is 11.1. The highest BCUT2D eigenvalue weighted by molar-refractivity contribution is 7.99. The first-order chi connectivity index (χ1) is 22.0. The number of carbonyl (C=O) groups excluding carboxylic acids is 1. The van der Waals surface area contributed by atoms with E-state index in [9.17, 15) is 9.90 Å². The molecule has 1 saturated heterocycles. The molecule has 0 radical (unpaired) electrons. The smallest absolute Gasteiger partial charge is 0.217 e. The van der Waals surface area contributed by atoms with Crippen LogP contribution in [0.3, 0.4) is 0 Å². The average molecular weight is 622 g/mol. The third-order valence-electron chi connectivity index (χ3n) is 7.90. The molecule has 5 aromatic rings. The van der Waals surface area contributed by atoms with Gasteiger partial charge >= 0.3 is 0 Å². The lowest BCUT2D eigenvalue weighted by Crippen LogP contribution is -2.38. The lowest BCUT2D eigenvalue weighted by atomic mass is 9.91. The van der Waals surface area contributed by atoms with Gasteiger partial charge in [0, 0.05) is 30.7 Å². The van der Waals surface area contributed by atoms with Gasteiger partial charge in [-0.15, -0.1) is 5.10 Å². The lowest BCUT2D eigenvalue weighted by Gasteiger charge is -2.41. The predicted molar refractivity (Wildman–Crippen MR) is 172 cm³/mol. The van der Waals surface area contributed by atoms with E-state index in [1.165, 1.54) is 6.92 Å². The van der Waals surface area contributed by atoms with Crippen molar-refractivity contribution < 1.29 is 19.4 Å². The number of nitrogens with zero attached hydrogens (tertiary/aromatic N) is 4. The minimum atomic E-state index is -0.609. The summed E-state index contributed by atoms with van der Waals surface area (Å²) in [4.78, 5) is 11.4. The van der Waals surface area contributed by atoms with Gasteiger partial charge in [0.25, 0.3) is 0 Å². The maximum atomic E-state index is 11.4. The molecule has 1 amide bonds. The monoisotopic (exact) mass is 621 g/mol. The van der Waals surface area contributed by atoms with E-state index in [-0.39, 0.29) is 30.6 Å². The van der Waals surface area contributed by atoms with Crippen LogP contribution in [-0.2, 0) is 27.4 Å². The third-order valence-corrected chi connectivity index (χ3v) is 8.91. The number of amides is 1. The van der Waals surface area contributed by atoms with Crippen molar-refractivity contribution in [2.75, 3.05) is 5.75 Å². The van der Waals surface area contributed by atoms with E-state index in [2.05, 4.69) is 52.0 Å². The highest BCUT2D eigenvalue weighted by atomic mass is 32.2. The number of para-hydroxylation sites is 1. The largest absolute Gasteiger partial charge is 0.392 e. The Morgan fingerprint density at radius 1 is 0.889 bits per heavy atom. The van der Waals surface area contributed by atoms with E-state index in [1.807, 2.05) is 78.9 Å². The molecular weight excluding hydrogens is 586 g/mol. The number of ether oxygens (including phenoxy) is 2. The van der Waals surface area contributed by atoms with Crippen LogP contribution in [0, 0.1) is 5.92 Å². The minimum absolute atomic E-state index is 0.0126. The Kier molecular flexibility index (Phi) is 9.66. The summed E-state index contributed by atoms with van der Waals surface area (Å²) in [6.45, 7) is 4.12. The van der Waals surface area contributed by atoms with Gasteiger partial charge in [0.2, 0.25) is 11.1 Å². The van der Waals surface area contributed by atoms with Gasteiger partial charge in [-0.25, -0.2) is 0 Å².